The molecule has 0 atom stereocenters. The van der Waals surface area contributed by atoms with E-state index in [9.17, 15) is 18.4 Å². The summed E-state index contributed by atoms with van der Waals surface area (Å²) in [5.74, 6) is -1.14. The number of ether oxygens (including phenoxy) is 2. The van der Waals surface area contributed by atoms with Crippen molar-refractivity contribution in [3.8, 4) is 17.2 Å². The molecule has 0 aliphatic rings. The summed E-state index contributed by atoms with van der Waals surface area (Å²) in [4.78, 5) is 25.1. The van der Waals surface area contributed by atoms with Crippen LogP contribution in [-0.4, -0.2) is 24.6 Å². The van der Waals surface area contributed by atoms with Crippen molar-refractivity contribution in [2.45, 2.75) is 13.5 Å². The normalized spacial score (nSPS) is 10.6. The molecule has 0 aliphatic heterocycles. The fourth-order valence-corrected chi connectivity index (χ4v) is 3.44. The molecule has 1 aromatic heterocycles. The summed E-state index contributed by atoms with van der Waals surface area (Å²) < 4.78 is 39.4. The van der Waals surface area contributed by atoms with E-state index < -0.39 is 17.2 Å². The van der Waals surface area contributed by atoms with Crippen molar-refractivity contribution in [1.82, 2.24) is 9.88 Å². The molecule has 9 heteroatoms. The molecule has 0 aliphatic carbocycles. The van der Waals surface area contributed by atoms with Gasteiger partial charge in [-0.15, -0.1) is 0 Å². The maximum Gasteiger partial charge on any atom is 0.273 e. The highest BCUT2D eigenvalue weighted by Gasteiger charge is 2.18. The fourth-order valence-electron chi connectivity index (χ4n) is 3.03. The zero-order valence-corrected chi connectivity index (χ0v) is 18.5. The lowest BCUT2D eigenvalue weighted by atomic mass is 10.1. The van der Waals surface area contributed by atoms with Crippen LogP contribution in [0.4, 0.5) is 8.78 Å². The van der Waals surface area contributed by atoms with Crippen molar-refractivity contribution in [3.05, 3.63) is 85.7 Å². The molecule has 0 bridgehead atoms. The van der Waals surface area contributed by atoms with E-state index in [2.05, 4.69) is 21.2 Å². The van der Waals surface area contributed by atoms with E-state index in [4.69, 9.17) is 9.47 Å². The lowest BCUT2D eigenvalue weighted by molar-refractivity contribution is 0.0963. The van der Waals surface area contributed by atoms with Gasteiger partial charge >= 0.3 is 0 Å². The van der Waals surface area contributed by atoms with Gasteiger partial charge in [0.25, 0.3) is 11.5 Å². The van der Waals surface area contributed by atoms with Crippen LogP contribution in [0.25, 0.3) is 5.69 Å². The molecule has 1 amide bonds. The summed E-state index contributed by atoms with van der Waals surface area (Å²) in [5.41, 5.74) is 0.919. The van der Waals surface area contributed by atoms with Gasteiger partial charge in [0.1, 0.15) is 34.2 Å². The van der Waals surface area contributed by atoms with E-state index in [1.54, 1.807) is 31.2 Å². The maximum absolute atomic E-state index is 13.9. The summed E-state index contributed by atoms with van der Waals surface area (Å²) in [6, 6.07) is 9.51. The first-order valence-corrected chi connectivity index (χ1v) is 9.95. The van der Waals surface area contributed by atoms with Gasteiger partial charge in [0.05, 0.1) is 12.8 Å². The number of nitrogens with zero attached hydrogens (tertiary/aromatic N) is 1. The average Bonchev–Trinajstić information content (AvgIpc) is 2.75. The Hall–Kier alpha value is -3.20. The lowest BCUT2D eigenvalue weighted by Crippen LogP contribution is -2.24. The first-order chi connectivity index (χ1) is 14.8. The number of pyridine rings is 1. The zero-order chi connectivity index (χ0) is 22.7. The molecule has 0 spiro atoms. The van der Waals surface area contributed by atoms with Crippen molar-refractivity contribution in [2.24, 2.45) is 0 Å². The molecule has 1 heterocycles. The monoisotopic (exact) mass is 492 g/mol. The Balaban J connectivity index is 2.02. The average molecular weight is 493 g/mol. The molecule has 0 saturated carbocycles. The first kappa shape index (κ1) is 22.5. The fraction of sp³-hybridized carbons (Fsp3) is 0.182. The van der Waals surface area contributed by atoms with Gasteiger partial charge in [-0.3, -0.25) is 14.2 Å². The third-order valence-corrected chi connectivity index (χ3v) is 5.34. The molecule has 1 N–H and O–H groups in total. The third kappa shape index (κ3) is 4.61. The van der Waals surface area contributed by atoms with E-state index in [1.807, 2.05) is 0 Å². The van der Waals surface area contributed by atoms with Crippen LogP contribution in [0.3, 0.4) is 0 Å². The van der Waals surface area contributed by atoms with Crippen molar-refractivity contribution in [3.63, 3.8) is 0 Å². The zero-order valence-electron chi connectivity index (χ0n) is 17.0. The molecule has 31 heavy (non-hydrogen) atoms. The second kappa shape index (κ2) is 9.30. The molecule has 6 nitrogen and oxygen atoms in total. The molecule has 2 aromatic carbocycles. The standard InChI is InChI=1S/C22H19BrF2N2O4/c1-12-8-19(31-11-14-4-6-15(24)10-16(14)25)20(23)22(29)27(12)17-9-13(21(28)26-2)5-7-18(17)30-3/h4-10H,11H2,1-3H3,(H,26,28). The number of aromatic nitrogens is 1. The van der Waals surface area contributed by atoms with Crippen LogP contribution in [0, 0.1) is 18.6 Å². The minimum atomic E-state index is -0.739. The third-order valence-electron chi connectivity index (χ3n) is 4.61. The summed E-state index contributed by atoms with van der Waals surface area (Å²) >= 11 is 3.24. The Bertz CT molecular complexity index is 1210. The summed E-state index contributed by atoms with van der Waals surface area (Å²) in [7, 11) is 2.97. The molecular formula is C22H19BrF2N2O4. The predicted molar refractivity (Wildman–Crippen MR) is 115 cm³/mol. The molecule has 162 valence electrons. The number of carbonyl (C=O) groups excluding carboxylic acids is 1. The molecule has 0 unspecified atom stereocenters. The Labute approximate surface area is 185 Å². The number of benzene rings is 2. The smallest absolute Gasteiger partial charge is 0.273 e. The van der Waals surface area contributed by atoms with E-state index in [0.29, 0.717) is 22.7 Å². The number of carbonyl (C=O) groups is 1. The van der Waals surface area contributed by atoms with Gasteiger partial charge in [-0.2, -0.15) is 0 Å². The molecule has 3 rings (SSSR count). The Kier molecular flexibility index (Phi) is 6.74. The number of aryl methyl sites for hydroxylation is 1. The van der Waals surface area contributed by atoms with Crippen LogP contribution >= 0.6 is 15.9 Å². The topological polar surface area (TPSA) is 69.6 Å². The van der Waals surface area contributed by atoms with Crippen LogP contribution in [0.2, 0.25) is 0 Å². The highest BCUT2D eigenvalue weighted by atomic mass is 79.9. The van der Waals surface area contributed by atoms with Gasteiger partial charge in [-0.1, -0.05) is 0 Å². The van der Waals surface area contributed by atoms with Gasteiger partial charge in [0, 0.05) is 36.0 Å². The number of nitrogens with one attached hydrogen (secondary N) is 1. The van der Waals surface area contributed by atoms with Crippen LogP contribution in [0.5, 0.6) is 11.5 Å². The molecule has 3 aromatic rings. The largest absolute Gasteiger partial charge is 0.495 e. The van der Waals surface area contributed by atoms with Crippen LogP contribution in [-0.2, 0) is 6.61 Å². The van der Waals surface area contributed by atoms with Crippen molar-refractivity contribution < 1.29 is 23.0 Å². The number of halogens is 3. The van der Waals surface area contributed by atoms with Gasteiger partial charge in [0.2, 0.25) is 0 Å². The van der Waals surface area contributed by atoms with E-state index >= 15 is 0 Å². The summed E-state index contributed by atoms with van der Waals surface area (Å²) in [6.07, 6.45) is 0. The van der Waals surface area contributed by atoms with Gasteiger partial charge in [-0.25, -0.2) is 8.78 Å². The first-order valence-electron chi connectivity index (χ1n) is 9.16. The Morgan fingerprint density at radius 1 is 1.13 bits per heavy atom. The minimum Gasteiger partial charge on any atom is -0.495 e. The van der Waals surface area contributed by atoms with Crippen LogP contribution in [0.15, 0.2) is 51.7 Å². The number of rotatable bonds is 6. The van der Waals surface area contributed by atoms with Crippen LogP contribution < -0.4 is 20.3 Å². The van der Waals surface area contributed by atoms with Gasteiger partial charge in [0.15, 0.2) is 0 Å². The van der Waals surface area contributed by atoms with E-state index in [-0.39, 0.29) is 28.3 Å². The van der Waals surface area contributed by atoms with Crippen molar-refractivity contribution >= 4 is 21.8 Å². The van der Waals surface area contributed by atoms with Gasteiger partial charge < -0.3 is 14.8 Å². The van der Waals surface area contributed by atoms with E-state index in [0.717, 1.165) is 12.1 Å². The highest BCUT2D eigenvalue weighted by molar-refractivity contribution is 9.10. The molecule has 0 fully saturated rings. The number of methoxy groups -OCH3 is 1. The highest BCUT2D eigenvalue weighted by Crippen LogP contribution is 2.29. The lowest BCUT2D eigenvalue weighted by Gasteiger charge is -2.17. The Morgan fingerprint density at radius 2 is 1.87 bits per heavy atom. The molecule has 0 radical (unpaired) electrons. The van der Waals surface area contributed by atoms with Crippen LogP contribution in [0.1, 0.15) is 21.6 Å². The predicted octanol–water partition coefficient (Wildman–Crippen LogP) is 4.13. The van der Waals surface area contributed by atoms with Gasteiger partial charge in [-0.05, 0) is 53.2 Å². The van der Waals surface area contributed by atoms with E-state index in [1.165, 1.54) is 24.8 Å². The Morgan fingerprint density at radius 3 is 2.52 bits per heavy atom. The maximum atomic E-state index is 13.9. The SMILES string of the molecule is CNC(=O)c1ccc(OC)c(-n2c(C)cc(OCc3ccc(F)cc3F)c(Br)c2=O)c1. The minimum absolute atomic E-state index is 0.105. The number of hydrogen-bond donors (Lipinski definition) is 1. The second-order valence-corrected chi connectivity index (χ2v) is 7.39. The van der Waals surface area contributed by atoms with Crippen molar-refractivity contribution in [1.29, 1.82) is 0 Å². The second-order valence-electron chi connectivity index (χ2n) is 6.59. The summed E-state index contributed by atoms with van der Waals surface area (Å²) in [6.45, 7) is 1.49. The number of hydrogen-bond acceptors (Lipinski definition) is 4. The van der Waals surface area contributed by atoms with Crippen molar-refractivity contribution in [2.75, 3.05) is 14.2 Å². The molecule has 0 saturated heterocycles. The quantitative estimate of drug-likeness (QED) is 0.561. The summed E-state index contributed by atoms with van der Waals surface area (Å²) in [5, 5.41) is 2.54. The molecular weight excluding hydrogens is 474 g/mol. The number of amides is 1.